The molecule has 3 aromatic rings. The van der Waals surface area contributed by atoms with E-state index in [-0.39, 0.29) is 22.4 Å². The van der Waals surface area contributed by atoms with Gasteiger partial charge in [-0.25, -0.2) is 0 Å². The van der Waals surface area contributed by atoms with Crippen LogP contribution in [0.25, 0.3) is 0 Å². The lowest BCUT2D eigenvalue weighted by atomic mass is 9.63. The average molecular weight is 703 g/mol. The number of rotatable bonds is 8. The molecule has 3 aliphatic rings. The zero-order chi connectivity index (χ0) is 32.8. The summed E-state index contributed by atoms with van der Waals surface area (Å²) in [5, 5.41) is 0.645. The van der Waals surface area contributed by atoms with Gasteiger partial charge >= 0.3 is 0 Å². The van der Waals surface area contributed by atoms with Gasteiger partial charge in [0.05, 0.1) is 11.6 Å². The maximum absolute atomic E-state index is 14.3. The Balaban J connectivity index is 1.47. The lowest BCUT2D eigenvalue weighted by molar-refractivity contribution is -0.119. The van der Waals surface area contributed by atoms with Gasteiger partial charge in [0.15, 0.2) is 23.1 Å². The van der Waals surface area contributed by atoms with Crippen LogP contribution in [0, 0.1) is 10.8 Å². The minimum atomic E-state index is -0.475. The summed E-state index contributed by atoms with van der Waals surface area (Å²) in [5.74, 6) is 0.844. The quantitative estimate of drug-likeness (QED) is 0.234. The van der Waals surface area contributed by atoms with Gasteiger partial charge in [-0.3, -0.25) is 9.59 Å². The van der Waals surface area contributed by atoms with Gasteiger partial charge in [-0.2, -0.15) is 0 Å². The Bertz CT molecular complexity index is 1700. The number of nitrogens with zero attached hydrogens (tertiary/aromatic N) is 1. The Morgan fingerprint density at radius 2 is 1.43 bits per heavy atom. The molecule has 0 spiro atoms. The standard InChI is InChI=1S/C39H41BrClNO4/c1-38(2)19-29-35(31(43)21-38)34(26-17-28(40)37(33(18-26)45-5)46-23-25-12-9-13-27(41)16-25)36-30(20-39(3,4)22-32(36)44)42(29)15-14-24-10-7-6-8-11-24/h6-13,16-18,34H,14-15,19-23H2,1-5H3. The van der Waals surface area contributed by atoms with E-state index in [0.29, 0.717) is 47.0 Å². The molecule has 0 aromatic heterocycles. The van der Waals surface area contributed by atoms with E-state index >= 15 is 0 Å². The third-order valence-corrected chi connectivity index (χ3v) is 10.2. The van der Waals surface area contributed by atoms with Crippen molar-refractivity contribution in [1.82, 2.24) is 4.90 Å². The number of hydrogen-bond donors (Lipinski definition) is 0. The van der Waals surface area contributed by atoms with Crippen molar-refractivity contribution in [3.05, 3.63) is 115 Å². The van der Waals surface area contributed by atoms with Crippen molar-refractivity contribution in [3.8, 4) is 11.5 Å². The van der Waals surface area contributed by atoms with Crippen molar-refractivity contribution in [3.63, 3.8) is 0 Å². The Labute approximate surface area is 285 Å². The number of Topliss-reactive ketones (excluding diaryl/α,β-unsaturated/α-hetero) is 2. The number of hydrogen-bond acceptors (Lipinski definition) is 5. The number of carbonyl (C=O) groups is 2. The molecule has 240 valence electrons. The molecular formula is C39H41BrClNO4. The molecule has 3 aromatic carbocycles. The zero-order valence-electron chi connectivity index (χ0n) is 27.2. The molecular weight excluding hydrogens is 662 g/mol. The fraction of sp³-hybridized carbons (Fsp3) is 0.385. The second-order valence-electron chi connectivity index (χ2n) is 14.4. The van der Waals surface area contributed by atoms with Crippen molar-refractivity contribution in [2.24, 2.45) is 10.8 Å². The van der Waals surface area contributed by atoms with Crippen LogP contribution >= 0.6 is 27.5 Å². The van der Waals surface area contributed by atoms with Gasteiger partial charge in [0.1, 0.15) is 6.61 Å². The molecule has 1 aliphatic heterocycles. The molecule has 0 saturated carbocycles. The van der Waals surface area contributed by atoms with Gasteiger partial charge in [-0.15, -0.1) is 0 Å². The monoisotopic (exact) mass is 701 g/mol. The number of benzene rings is 3. The molecule has 2 aliphatic carbocycles. The van der Waals surface area contributed by atoms with Crippen LogP contribution in [0.5, 0.6) is 11.5 Å². The van der Waals surface area contributed by atoms with Gasteiger partial charge in [-0.1, -0.05) is 81.8 Å². The van der Waals surface area contributed by atoms with Gasteiger partial charge in [-0.05, 0) is 87.0 Å². The van der Waals surface area contributed by atoms with Crippen molar-refractivity contribution in [2.75, 3.05) is 13.7 Å². The third kappa shape index (κ3) is 6.57. The molecule has 46 heavy (non-hydrogen) atoms. The molecule has 6 rings (SSSR count). The smallest absolute Gasteiger partial charge is 0.175 e. The second-order valence-corrected chi connectivity index (χ2v) is 15.7. The molecule has 0 atom stereocenters. The van der Waals surface area contributed by atoms with Crippen molar-refractivity contribution in [1.29, 1.82) is 0 Å². The van der Waals surface area contributed by atoms with E-state index in [1.165, 1.54) is 5.56 Å². The number of methoxy groups -OCH3 is 1. The fourth-order valence-corrected chi connectivity index (χ4v) is 8.15. The number of halogens is 2. The average Bonchev–Trinajstić information content (AvgIpc) is 2.98. The second kappa shape index (κ2) is 12.7. The maximum Gasteiger partial charge on any atom is 0.175 e. The first-order valence-corrected chi connectivity index (χ1v) is 17.1. The van der Waals surface area contributed by atoms with Gasteiger partial charge in [0, 0.05) is 52.9 Å². The molecule has 0 unspecified atom stereocenters. The highest BCUT2D eigenvalue weighted by Gasteiger charge is 2.49. The van der Waals surface area contributed by atoms with Crippen LogP contribution in [0.4, 0.5) is 0 Å². The van der Waals surface area contributed by atoms with Gasteiger partial charge < -0.3 is 14.4 Å². The van der Waals surface area contributed by atoms with E-state index in [1.54, 1.807) is 7.11 Å². The Kier molecular flexibility index (Phi) is 8.99. The van der Waals surface area contributed by atoms with Gasteiger partial charge in [0.25, 0.3) is 0 Å². The summed E-state index contributed by atoms with van der Waals surface area (Å²) in [6, 6.07) is 21.9. The lowest BCUT2D eigenvalue weighted by Gasteiger charge is -2.49. The summed E-state index contributed by atoms with van der Waals surface area (Å²) < 4.78 is 12.8. The van der Waals surface area contributed by atoms with E-state index < -0.39 is 5.92 Å². The SMILES string of the molecule is COc1cc(C2C3=C(CC(C)(C)CC3=O)N(CCc3ccccc3)C3=C2C(=O)CC(C)(C)C3)cc(Br)c1OCc1cccc(Cl)c1. The lowest BCUT2D eigenvalue weighted by Crippen LogP contribution is -2.45. The van der Waals surface area contributed by atoms with Crippen molar-refractivity contribution >= 4 is 39.1 Å². The fourth-order valence-electron chi connectivity index (χ4n) is 7.37. The molecule has 1 heterocycles. The van der Waals surface area contributed by atoms with Gasteiger partial charge in [0.2, 0.25) is 0 Å². The predicted molar refractivity (Wildman–Crippen MR) is 186 cm³/mol. The predicted octanol–water partition coefficient (Wildman–Crippen LogP) is 9.62. The summed E-state index contributed by atoms with van der Waals surface area (Å²) >= 11 is 9.95. The molecule has 0 radical (unpaired) electrons. The Morgan fingerprint density at radius 3 is 2.02 bits per heavy atom. The Hall–Kier alpha value is -3.35. The summed E-state index contributed by atoms with van der Waals surface area (Å²) in [4.78, 5) is 30.9. The van der Waals surface area contributed by atoms with Crippen LogP contribution in [0.15, 0.2) is 93.7 Å². The molecule has 0 amide bonds. The normalized spacial score (nSPS) is 19.2. The van der Waals surface area contributed by atoms with Crippen LogP contribution in [-0.2, 0) is 22.6 Å². The summed E-state index contributed by atoms with van der Waals surface area (Å²) in [7, 11) is 1.61. The first kappa shape index (κ1) is 32.6. The number of allylic oxidation sites excluding steroid dienone is 4. The highest BCUT2D eigenvalue weighted by molar-refractivity contribution is 9.10. The van der Waals surface area contributed by atoms with Crippen LogP contribution in [0.1, 0.15) is 76.0 Å². The zero-order valence-corrected chi connectivity index (χ0v) is 29.6. The van der Waals surface area contributed by atoms with E-state index in [4.69, 9.17) is 21.1 Å². The van der Waals surface area contributed by atoms with E-state index in [9.17, 15) is 9.59 Å². The first-order chi connectivity index (χ1) is 21.9. The number of ketones is 2. The molecule has 0 bridgehead atoms. The first-order valence-electron chi connectivity index (χ1n) is 15.9. The van der Waals surface area contributed by atoms with Crippen LogP contribution in [0.2, 0.25) is 5.02 Å². The number of carbonyl (C=O) groups excluding carboxylic acids is 2. The van der Waals surface area contributed by atoms with Crippen LogP contribution in [-0.4, -0.2) is 30.1 Å². The highest BCUT2D eigenvalue weighted by Crippen LogP contribution is 2.55. The largest absolute Gasteiger partial charge is 0.493 e. The minimum Gasteiger partial charge on any atom is -0.493 e. The van der Waals surface area contributed by atoms with E-state index in [2.05, 4.69) is 72.8 Å². The van der Waals surface area contributed by atoms with Crippen molar-refractivity contribution in [2.45, 2.75) is 72.3 Å². The van der Waals surface area contributed by atoms with E-state index in [0.717, 1.165) is 52.9 Å². The number of ether oxygens (including phenoxy) is 2. The van der Waals surface area contributed by atoms with E-state index in [1.807, 2.05) is 42.5 Å². The molecule has 0 fully saturated rings. The summed E-state index contributed by atoms with van der Waals surface area (Å²) in [6.07, 6.45) is 3.24. The minimum absolute atomic E-state index is 0.113. The molecule has 7 heteroatoms. The molecule has 5 nitrogen and oxygen atoms in total. The summed E-state index contributed by atoms with van der Waals surface area (Å²) in [6.45, 7) is 9.70. The topological polar surface area (TPSA) is 55.8 Å². The maximum atomic E-state index is 14.3. The summed E-state index contributed by atoms with van der Waals surface area (Å²) in [5.41, 5.74) is 6.26. The Morgan fingerprint density at radius 1 is 0.826 bits per heavy atom. The van der Waals surface area contributed by atoms with Crippen LogP contribution in [0.3, 0.4) is 0 Å². The third-order valence-electron chi connectivity index (χ3n) is 9.35. The van der Waals surface area contributed by atoms with Crippen LogP contribution < -0.4 is 9.47 Å². The highest BCUT2D eigenvalue weighted by atomic mass is 79.9. The molecule has 0 saturated heterocycles. The molecule has 0 N–H and O–H groups in total. The van der Waals surface area contributed by atoms with Crippen molar-refractivity contribution < 1.29 is 19.1 Å².